The highest BCUT2D eigenvalue weighted by Gasteiger charge is 2.49. The summed E-state index contributed by atoms with van der Waals surface area (Å²) < 4.78 is 77.6. The fraction of sp³-hybridized carbons (Fsp3) is 0.588. The Labute approximate surface area is 638 Å². The number of benzene rings is 4. The zero-order valence-electron chi connectivity index (χ0n) is 58.3. The van der Waals surface area contributed by atoms with Crippen molar-refractivity contribution >= 4 is 69.3 Å². The average Bonchev–Trinajstić information content (AvgIpc) is 0.724. The van der Waals surface area contributed by atoms with Crippen LogP contribution in [0.5, 0.6) is 46.0 Å². The normalized spacial score (nSPS) is 33.4. The highest BCUT2D eigenvalue weighted by atomic mass is 32.1. The number of ether oxygens (including phenoxy) is 12. The molecule has 592 valence electrons. The predicted molar refractivity (Wildman–Crippen MR) is 386 cm³/mol. The van der Waals surface area contributed by atoms with Crippen molar-refractivity contribution in [3.63, 3.8) is 0 Å². The molecule has 8 aliphatic heterocycles. The molecule has 40 heteroatoms. The van der Waals surface area contributed by atoms with Crippen LogP contribution in [0.1, 0.15) is 118 Å². The molecule has 4 saturated heterocycles. The van der Waals surface area contributed by atoms with Crippen molar-refractivity contribution in [2.24, 2.45) is 0 Å². The van der Waals surface area contributed by atoms with Gasteiger partial charge in [-0.2, -0.15) is 0 Å². The van der Waals surface area contributed by atoms with Crippen LogP contribution in [0.4, 0.5) is 0 Å². The van der Waals surface area contributed by atoms with E-state index in [0.29, 0.717) is 66.8 Å². The van der Waals surface area contributed by atoms with Gasteiger partial charge in [-0.25, -0.2) is 0 Å². The third kappa shape index (κ3) is 14.9. The van der Waals surface area contributed by atoms with Crippen molar-refractivity contribution in [1.82, 2.24) is 42.5 Å². The van der Waals surface area contributed by atoms with E-state index in [1.54, 1.807) is 0 Å². The van der Waals surface area contributed by atoms with Gasteiger partial charge in [0.2, 0.25) is 27.2 Å². The Balaban J connectivity index is 0.982. The number of nitrogens with one attached hydrogen (secondary N) is 8. The lowest BCUT2D eigenvalue weighted by Gasteiger charge is -2.40. The minimum absolute atomic E-state index is 0.116. The zero-order valence-corrected chi connectivity index (χ0v) is 61.6. The molecule has 0 unspecified atom stereocenters. The molecule has 20 atom stereocenters. The lowest BCUT2D eigenvalue weighted by molar-refractivity contribution is -0.232. The first kappa shape index (κ1) is 79.3. The molecule has 4 aromatic carbocycles. The van der Waals surface area contributed by atoms with E-state index in [0.717, 1.165) is 0 Å². The first-order chi connectivity index (χ1) is 51.7. The molecule has 0 aromatic heterocycles. The first-order valence-corrected chi connectivity index (χ1v) is 36.5. The molecule has 24 N–H and O–H groups in total. The summed E-state index contributed by atoms with van der Waals surface area (Å²) in [6.07, 6.45) is -31.2. The number of rotatable bonds is 16. The van der Waals surface area contributed by atoms with Crippen molar-refractivity contribution in [1.29, 1.82) is 0 Å². The van der Waals surface area contributed by atoms with Gasteiger partial charge in [0.1, 0.15) is 144 Å². The van der Waals surface area contributed by atoms with Crippen molar-refractivity contribution in [2.75, 3.05) is 53.6 Å². The van der Waals surface area contributed by atoms with Crippen LogP contribution in [-0.4, -0.2) is 278 Å². The Morgan fingerprint density at radius 2 is 0.454 bits per heavy atom. The summed E-state index contributed by atoms with van der Waals surface area (Å²) in [5, 5.41) is 194. The molecule has 4 aromatic rings. The minimum Gasteiger partial charge on any atom is -0.457 e. The monoisotopic (exact) mass is 1590 g/mol. The highest BCUT2D eigenvalue weighted by Crippen LogP contribution is 2.57. The van der Waals surface area contributed by atoms with Gasteiger partial charge in [-0.3, -0.25) is 0 Å². The molecule has 0 spiro atoms. The largest absolute Gasteiger partial charge is 0.457 e. The molecule has 13 rings (SSSR count). The van der Waals surface area contributed by atoms with Crippen LogP contribution in [0, 0.1) is 0 Å². The lowest BCUT2D eigenvalue weighted by atomic mass is 9.78. The molecule has 0 amide bonds. The van der Waals surface area contributed by atoms with Gasteiger partial charge in [0, 0.05) is 94.4 Å². The Morgan fingerprint density at radius 1 is 0.287 bits per heavy atom. The van der Waals surface area contributed by atoms with Gasteiger partial charge in [0.25, 0.3) is 0 Å². The Bertz CT molecular complexity index is 3420. The van der Waals surface area contributed by atoms with Gasteiger partial charge in [-0.1, -0.05) is 27.7 Å². The van der Waals surface area contributed by atoms with Crippen LogP contribution in [-0.2, 0) is 45.1 Å². The fourth-order valence-corrected chi connectivity index (χ4v) is 15.9. The highest BCUT2D eigenvalue weighted by molar-refractivity contribution is 7.80. The van der Waals surface area contributed by atoms with Crippen molar-refractivity contribution in [3.8, 4) is 46.0 Å². The SMILES string of the molecule is CC1c2cc3c4c(CNC(=S)N[C@@H]5O[C@H](CO)[C@@H](O)[C@H](O)[C@H]5O)c2OCOc2c1cc1c(c2CNC(=S)N[C@@H]2O[C@H](CO)[C@@H](O)[C@H](O)[C@H]2O)OCOc2c(cc5c(c2CNC(=S)N[C@@H]2O[C@H](CO)[C@@H](O)[C@H](O)[C@H]2O)OCOc2c(cc(c(c2CNC(=S)N[C@@H]2O[C@H](CO)[C@@H](O)[C@H](O)[C@H]2O)OCO4)C3C)C5C)C1C. The van der Waals surface area contributed by atoms with Crippen molar-refractivity contribution in [3.05, 3.63) is 91.0 Å². The second kappa shape index (κ2) is 32.9. The fourth-order valence-electron chi connectivity index (χ4n) is 15.1. The van der Waals surface area contributed by atoms with Gasteiger partial charge in [-0.05, 0) is 73.1 Å². The topological polar surface area (TPSA) is 531 Å². The van der Waals surface area contributed by atoms with E-state index in [1.807, 2.05) is 52.0 Å². The van der Waals surface area contributed by atoms with Gasteiger partial charge in [0.15, 0.2) is 45.4 Å². The Hall–Kier alpha value is -6.76. The van der Waals surface area contributed by atoms with E-state index in [2.05, 4.69) is 42.5 Å². The van der Waals surface area contributed by atoms with Crippen LogP contribution >= 0.6 is 48.9 Å². The van der Waals surface area contributed by atoms with Crippen LogP contribution in [0.15, 0.2) is 24.3 Å². The van der Waals surface area contributed by atoms with Gasteiger partial charge >= 0.3 is 0 Å². The lowest BCUT2D eigenvalue weighted by Crippen LogP contribution is -2.63. The molecule has 0 saturated carbocycles. The van der Waals surface area contributed by atoms with E-state index >= 15 is 0 Å². The summed E-state index contributed by atoms with van der Waals surface area (Å²) >= 11 is 23.4. The number of aliphatic hydroxyl groups excluding tert-OH is 16. The van der Waals surface area contributed by atoms with E-state index in [4.69, 9.17) is 106 Å². The van der Waals surface area contributed by atoms with Gasteiger partial charge in [-0.15, -0.1) is 0 Å². The van der Waals surface area contributed by atoms with E-state index < -0.39 is 200 Å². The van der Waals surface area contributed by atoms with E-state index in [9.17, 15) is 81.7 Å². The van der Waals surface area contributed by atoms with E-state index in [1.165, 1.54) is 0 Å². The molecular formula is C68H88N8O28S4. The second-order valence-electron chi connectivity index (χ2n) is 27.6. The summed E-state index contributed by atoms with van der Waals surface area (Å²) in [6.45, 7) is 2.23. The minimum atomic E-state index is -1.74. The standard InChI is InChI=1S/C68H88N8O28S4/c1-21-25-5-27-22(2)29-7-31-24(4)32-8-30-23(3)28-6-26(21)54-34(10-70-66(106)74-62-50(90)46(86)42(82)38(14-78)102-62)56(28)96-19-98-58(30)36(12-72-68(108)76-64-52(92)48(88)44(84)40(16-80)104-64)60(32)100-20-99-59(31)35(11-71-67(107)75-63-51(91)47(87)43(83)39(15-79)103-63)57(29)97-18-95-55(27)33(53(25)93-17-94-54)9-69-65(105)73-61-49(89)45(85)41(81)37(13-77)101-61/h5-8,21-24,37-52,61-64,77-92H,9-20H2,1-4H3,(H2,69,73,105)(H2,70,74,106)(H2,71,75,107)(H2,72,76,108)/t21?,22?,23?,24?,37-,38-,39-,40-,41-,42-,43-,44-,45+,46+,47+,48+,49-,50-,51-,52-,61-,62-,63-,64-/m1/s1. The molecule has 1 aliphatic carbocycles. The maximum Gasteiger partial charge on any atom is 0.230 e. The third-order valence-corrected chi connectivity index (χ3v) is 22.3. The number of aliphatic hydroxyl groups is 16. The maximum atomic E-state index is 11.1. The predicted octanol–water partition coefficient (Wildman–Crippen LogP) is -5.42. The van der Waals surface area contributed by atoms with Gasteiger partial charge in [0.05, 0.1) is 48.7 Å². The zero-order chi connectivity index (χ0) is 77.2. The molecule has 9 aliphatic rings. The average molecular weight is 1590 g/mol. The van der Waals surface area contributed by atoms with Gasteiger partial charge < -0.3 is 181 Å². The van der Waals surface area contributed by atoms with Crippen LogP contribution in [0.25, 0.3) is 0 Å². The van der Waals surface area contributed by atoms with Crippen LogP contribution in [0.3, 0.4) is 0 Å². The van der Waals surface area contributed by atoms with Crippen LogP contribution in [0.2, 0.25) is 0 Å². The summed E-state index contributed by atoms with van der Waals surface area (Å²) in [5.41, 5.74) is 6.15. The molecule has 4 fully saturated rings. The third-order valence-electron chi connectivity index (χ3n) is 21.3. The molecule has 8 heterocycles. The quantitative estimate of drug-likeness (QED) is 0.0466. The number of thiocarbonyl (C=S) groups is 4. The number of hydrogen-bond donors (Lipinski definition) is 24. The first-order valence-electron chi connectivity index (χ1n) is 34.9. The maximum absolute atomic E-state index is 11.1. The van der Waals surface area contributed by atoms with Crippen molar-refractivity contribution in [2.45, 2.75) is 200 Å². The smallest absolute Gasteiger partial charge is 0.230 e. The van der Waals surface area contributed by atoms with E-state index in [-0.39, 0.29) is 92.6 Å². The molecule has 36 nitrogen and oxygen atoms in total. The second-order valence-corrected chi connectivity index (χ2v) is 29.2. The summed E-state index contributed by atoms with van der Waals surface area (Å²) in [4.78, 5) is 0. The van der Waals surface area contributed by atoms with Crippen LogP contribution < -0.4 is 80.4 Å². The Morgan fingerprint density at radius 3 is 0.611 bits per heavy atom. The molecular weight excluding hydrogens is 1510 g/mol. The Kier molecular flexibility index (Phi) is 24.2. The molecule has 8 bridgehead atoms. The van der Waals surface area contributed by atoms with Crippen molar-refractivity contribution < 1.29 is 139 Å². The number of hydrogen-bond acceptors (Lipinski definition) is 32. The summed E-state index contributed by atoms with van der Waals surface area (Å²) in [7, 11) is 0. The summed E-state index contributed by atoms with van der Waals surface area (Å²) in [5.74, 6) is -0.784. The molecule has 108 heavy (non-hydrogen) atoms. The molecule has 0 radical (unpaired) electrons. The summed E-state index contributed by atoms with van der Waals surface area (Å²) in [6, 6.07) is 7.84.